The summed E-state index contributed by atoms with van der Waals surface area (Å²) in [7, 11) is 0. The number of nitrogens with zero attached hydrogens (tertiary/aromatic N) is 3. The zero-order valence-electron chi connectivity index (χ0n) is 20.7. The van der Waals surface area contributed by atoms with Gasteiger partial charge in [0.25, 0.3) is 5.91 Å². The van der Waals surface area contributed by atoms with Gasteiger partial charge in [-0.2, -0.15) is 0 Å². The highest BCUT2D eigenvalue weighted by atomic mass is 35.5. The van der Waals surface area contributed by atoms with Gasteiger partial charge in [0.15, 0.2) is 0 Å². The number of benzene rings is 3. The van der Waals surface area contributed by atoms with Crippen molar-refractivity contribution in [1.82, 2.24) is 9.80 Å². The molecule has 2 saturated heterocycles. The summed E-state index contributed by atoms with van der Waals surface area (Å²) in [4.78, 5) is 32.1. The van der Waals surface area contributed by atoms with E-state index < -0.39 is 0 Å². The predicted octanol–water partition coefficient (Wildman–Crippen LogP) is 5.87. The lowest BCUT2D eigenvalue weighted by atomic mass is 9.96. The van der Waals surface area contributed by atoms with Gasteiger partial charge in [-0.1, -0.05) is 54.1 Å². The Labute approximate surface area is 222 Å². The van der Waals surface area contributed by atoms with Crippen molar-refractivity contribution in [3.8, 4) is 0 Å². The molecule has 3 aliphatic rings. The quantitative estimate of drug-likeness (QED) is 0.436. The van der Waals surface area contributed by atoms with Crippen LogP contribution in [0.2, 0.25) is 5.02 Å². The molecular formula is C30H30ClN3O3. The first kappa shape index (κ1) is 23.9. The highest BCUT2D eigenvalue weighted by molar-refractivity contribution is 6.30. The Morgan fingerprint density at radius 1 is 0.865 bits per heavy atom. The number of carbonyl (C=O) groups is 2. The average Bonchev–Trinajstić information content (AvgIpc) is 3.22. The van der Waals surface area contributed by atoms with Crippen molar-refractivity contribution in [3.05, 3.63) is 100 Å². The van der Waals surface area contributed by atoms with Gasteiger partial charge in [0.1, 0.15) is 6.61 Å². The molecule has 6 nitrogen and oxygen atoms in total. The molecule has 1 aliphatic carbocycles. The van der Waals surface area contributed by atoms with Crippen LogP contribution in [-0.4, -0.2) is 54.5 Å². The van der Waals surface area contributed by atoms with Crippen LogP contribution < -0.4 is 4.90 Å². The molecule has 2 bridgehead atoms. The van der Waals surface area contributed by atoms with Gasteiger partial charge in [0.05, 0.1) is 6.04 Å². The number of hydrogen-bond acceptors (Lipinski definition) is 4. The van der Waals surface area contributed by atoms with Crippen molar-refractivity contribution in [1.29, 1.82) is 0 Å². The number of ether oxygens (including phenoxy) is 1. The Balaban J connectivity index is 1.12. The van der Waals surface area contributed by atoms with Crippen LogP contribution in [0.4, 0.5) is 10.5 Å². The number of likely N-dealkylation sites (tertiary alicyclic amines) is 1. The SMILES string of the molecule is O=C(c1cccc(Cl)c1)N1CCN(c2ccc3c(c2)[C@H]2CC3CCN2C(=O)OCc2ccccc2)CC1. The molecule has 0 spiro atoms. The standard InChI is InChI=1S/C30H30ClN3O3/c31-24-8-4-7-23(17-24)29(35)33-15-13-32(14-16-33)25-9-10-26-22-11-12-34(28(18-22)27(26)19-25)30(36)37-20-21-5-2-1-3-6-21/h1-10,17,19,22,28H,11-16,18,20H2/t22?,28-/m1/s1. The van der Waals surface area contributed by atoms with Crippen LogP contribution in [0.25, 0.3) is 0 Å². The van der Waals surface area contributed by atoms with E-state index in [0.29, 0.717) is 29.6 Å². The Bertz CT molecular complexity index is 1310. The summed E-state index contributed by atoms with van der Waals surface area (Å²) in [6.07, 6.45) is 1.69. The first-order valence-electron chi connectivity index (χ1n) is 13.0. The van der Waals surface area contributed by atoms with Crippen LogP contribution in [0.3, 0.4) is 0 Å². The van der Waals surface area contributed by atoms with E-state index in [2.05, 4.69) is 23.1 Å². The number of fused-ring (bicyclic) bond motifs is 5. The number of rotatable bonds is 4. The molecule has 190 valence electrons. The molecule has 0 aromatic heterocycles. The monoisotopic (exact) mass is 515 g/mol. The summed E-state index contributed by atoms with van der Waals surface area (Å²) >= 11 is 6.08. The summed E-state index contributed by atoms with van der Waals surface area (Å²) < 4.78 is 5.69. The van der Waals surface area contributed by atoms with Gasteiger partial charge in [0.2, 0.25) is 0 Å². The maximum atomic E-state index is 13.0. The number of carbonyl (C=O) groups excluding carboxylic acids is 2. The minimum absolute atomic E-state index is 0.0227. The third-order valence-corrected chi connectivity index (χ3v) is 8.15. The van der Waals surface area contributed by atoms with E-state index >= 15 is 0 Å². The van der Waals surface area contributed by atoms with Gasteiger partial charge < -0.3 is 19.4 Å². The van der Waals surface area contributed by atoms with E-state index in [1.165, 1.54) is 11.1 Å². The van der Waals surface area contributed by atoms with E-state index in [9.17, 15) is 9.59 Å². The first-order chi connectivity index (χ1) is 18.1. The van der Waals surface area contributed by atoms with Crippen molar-refractivity contribution >= 4 is 29.3 Å². The van der Waals surface area contributed by atoms with E-state index in [0.717, 1.165) is 43.7 Å². The van der Waals surface area contributed by atoms with Crippen molar-refractivity contribution in [3.63, 3.8) is 0 Å². The number of halogens is 1. The molecule has 2 atom stereocenters. The maximum Gasteiger partial charge on any atom is 0.410 e. The lowest BCUT2D eigenvalue weighted by Crippen LogP contribution is -2.48. The first-order valence-corrected chi connectivity index (χ1v) is 13.4. The molecule has 0 N–H and O–H groups in total. The average molecular weight is 516 g/mol. The maximum absolute atomic E-state index is 13.0. The second-order valence-electron chi connectivity index (χ2n) is 10.1. The fourth-order valence-electron chi connectivity index (χ4n) is 5.95. The van der Waals surface area contributed by atoms with Crippen molar-refractivity contribution in [2.45, 2.75) is 31.4 Å². The Morgan fingerprint density at radius 2 is 1.68 bits per heavy atom. The number of amides is 2. The van der Waals surface area contributed by atoms with Crippen molar-refractivity contribution in [2.75, 3.05) is 37.6 Å². The largest absolute Gasteiger partial charge is 0.445 e. The van der Waals surface area contributed by atoms with Gasteiger partial charge in [-0.05, 0) is 65.8 Å². The third kappa shape index (κ3) is 4.78. The van der Waals surface area contributed by atoms with Crippen LogP contribution in [0, 0.1) is 0 Å². The van der Waals surface area contributed by atoms with Crippen molar-refractivity contribution in [2.24, 2.45) is 0 Å². The van der Waals surface area contributed by atoms with E-state index in [1.807, 2.05) is 52.3 Å². The predicted molar refractivity (Wildman–Crippen MR) is 144 cm³/mol. The Kier molecular flexibility index (Phi) is 6.51. The third-order valence-electron chi connectivity index (χ3n) is 7.91. The van der Waals surface area contributed by atoms with E-state index in [1.54, 1.807) is 12.1 Å². The number of piperazine rings is 1. The van der Waals surface area contributed by atoms with Crippen LogP contribution in [-0.2, 0) is 11.3 Å². The molecule has 0 saturated carbocycles. The molecule has 3 aromatic rings. The van der Waals surface area contributed by atoms with Crippen molar-refractivity contribution < 1.29 is 14.3 Å². The topological polar surface area (TPSA) is 53.1 Å². The normalized spacial score (nSPS) is 20.5. The van der Waals surface area contributed by atoms with Gasteiger partial charge in [-0.15, -0.1) is 0 Å². The molecular weight excluding hydrogens is 486 g/mol. The second kappa shape index (κ2) is 10.1. The number of piperidine rings is 1. The zero-order chi connectivity index (χ0) is 25.4. The minimum Gasteiger partial charge on any atom is -0.445 e. The molecule has 2 heterocycles. The lowest BCUT2D eigenvalue weighted by Gasteiger charge is -2.36. The van der Waals surface area contributed by atoms with E-state index in [4.69, 9.17) is 16.3 Å². The van der Waals surface area contributed by atoms with Crippen LogP contribution in [0.1, 0.15) is 51.8 Å². The molecule has 37 heavy (non-hydrogen) atoms. The summed E-state index contributed by atoms with van der Waals surface area (Å²) in [5, 5.41) is 0.575. The molecule has 7 heteroatoms. The van der Waals surface area contributed by atoms with Gasteiger partial charge in [-0.25, -0.2) is 4.79 Å². The Hall–Kier alpha value is -3.51. The highest BCUT2D eigenvalue weighted by Crippen LogP contribution is 2.50. The smallest absolute Gasteiger partial charge is 0.410 e. The second-order valence-corrected chi connectivity index (χ2v) is 10.5. The fourth-order valence-corrected chi connectivity index (χ4v) is 6.14. The molecule has 2 fully saturated rings. The molecule has 1 unspecified atom stereocenters. The van der Waals surface area contributed by atoms with E-state index in [-0.39, 0.29) is 24.6 Å². The van der Waals surface area contributed by atoms with Gasteiger partial charge in [-0.3, -0.25) is 4.79 Å². The number of hydrogen-bond donors (Lipinski definition) is 0. The molecule has 2 aliphatic heterocycles. The summed E-state index contributed by atoms with van der Waals surface area (Å²) in [5.41, 5.74) is 5.38. The fraction of sp³-hybridized carbons (Fsp3) is 0.333. The zero-order valence-corrected chi connectivity index (χ0v) is 21.4. The van der Waals surface area contributed by atoms with Gasteiger partial charge >= 0.3 is 6.09 Å². The summed E-state index contributed by atoms with van der Waals surface area (Å²) in [5.74, 6) is 0.522. The molecule has 0 radical (unpaired) electrons. The molecule has 3 aromatic carbocycles. The van der Waals surface area contributed by atoms with Crippen LogP contribution >= 0.6 is 11.6 Å². The van der Waals surface area contributed by atoms with Gasteiger partial charge in [0, 0.05) is 49.0 Å². The van der Waals surface area contributed by atoms with Crippen LogP contribution in [0.15, 0.2) is 72.8 Å². The number of anilines is 1. The van der Waals surface area contributed by atoms with Crippen LogP contribution in [0.5, 0.6) is 0 Å². The highest BCUT2D eigenvalue weighted by Gasteiger charge is 2.41. The summed E-state index contributed by atoms with van der Waals surface area (Å²) in [6.45, 7) is 3.86. The Morgan fingerprint density at radius 3 is 2.46 bits per heavy atom. The lowest BCUT2D eigenvalue weighted by molar-refractivity contribution is 0.0694. The minimum atomic E-state index is -0.237. The summed E-state index contributed by atoms with van der Waals surface area (Å²) in [6, 6.07) is 23.7. The molecule has 2 amide bonds. The molecule has 6 rings (SSSR count).